The lowest BCUT2D eigenvalue weighted by atomic mass is 10.0. The SMILES string of the molecule is CC(=O)C[C@H](N)C(=O)CCCOCCOCCOCCOCCNC(=O)[C@@H](N)CC(C)=O. The van der Waals surface area contributed by atoms with Crippen LogP contribution >= 0.6 is 0 Å². The second kappa shape index (κ2) is 19.9. The molecule has 32 heavy (non-hydrogen) atoms. The van der Waals surface area contributed by atoms with Crippen LogP contribution in [0, 0.1) is 0 Å². The normalized spacial score (nSPS) is 12.9. The first-order valence-corrected chi connectivity index (χ1v) is 10.9. The molecule has 0 aliphatic rings. The smallest absolute Gasteiger partial charge is 0.237 e. The molecule has 11 heteroatoms. The third-order valence-electron chi connectivity index (χ3n) is 4.14. The molecule has 0 fully saturated rings. The van der Waals surface area contributed by atoms with Gasteiger partial charge in [0.05, 0.1) is 58.3 Å². The van der Waals surface area contributed by atoms with E-state index in [0.717, 1.165) is 0 Å². The number of amides is 1. The quantitative estimate of drug-likeness (QED) is 0.172. The molecule has 0 unspecified atom stereocenters. The summed E-state index contributed by atoms with van der Waals surface area (Å²) in [5.41, 5.74) is 11.2. The predicted octanol–water partition coefficient (Wildman–Crippen LogP) is -0.869. The van der Waals surface area contributed by atoms with E-state index in [-0.39, 0.29) is 36.1 Å². The molecule has 0 aromatic heterocycles. The number of Topliss-reactive ketones (excluding diaryl/α,β-unsaturated/α-hetero) is 3. The van der Waals surface area contributed by atoms with Gasteiger partial charge in [0, 0.05) is 32.4 Å². The van der Waals surface area contributed by atoms with Crippen LogP contribution in [0.15, 0.2) is 0 Å². The number of carbonyl (C=O) groups excluding carboxylic acids is 4. The van der Waals surface area contributed by atoms with Gasteiger partial charge >= 0.3 is 0 Å². The Morgan fingerprint density at radius 2 is 1.12 bits per heavy atom. The molecule has 2 atom stereocenters. The standard InChI is InChI=1S/C21H39N3O8/c1-16(25)14-18(22)20(27)4-3-6-29-8-10-31-12-13-32-11-9-30-7-5-24-21(28)19(23)15-17(2)26/h18-19H,3-15,22-23H2,1-2H3,(H,24,28)/t18-,19-/m0/s1. The maximum absolute atomic E-state index is 11.7. The summed E-state index contributed by atoms with van der Waals surface area (Å²) in [7, 11) is 0. The highest BCUT2D eigenvalue weighted by Gasteiger charge is 2.15. The van der Waals surface area contributed by atoms with Crippen molar-refractivity contribution in [1.82, 2.24) is 5.32 Å². The number of hydrogen-bond acceptors (Lipinski definition) is 10. The summed E-state index contributed by atoms with van der Waals surface area (Å²) >= 11 is 0. The molecule has 0 bridgehead atoms. The van der Waals surface area contributed by atoms with E-state index in [9.17, 15) is 19.2 Å². The van der Waals surface area contributed by atoms with Crippen LogP contribution in [0.25, 0.3) is 0 Å². The molecule has 5 N–H and O–H groups in total. The van der Waals surface area contributed by atoms with Crippen LogP contribution in [0.5, 0.6) is 0 Å². The molecule has 0 rings (SSSR count). The molecule has 0 heterocycles. The van der Waals surface area contributed by atoms with Crippen molar-refractivity contribution in [2.75, 3.05) is 59.4 Å². The maximum Gasteiger partial charge on any atom is 0.237 e. The van der Waals surface area contributed by atoms with Crippen LogP contribution in [0.3, 0.4) is 0 Å². The van der Waals surface area contributed by atoms with E-state index in [1.807, 2.05) is 0 Å². The second-order valence-corrected chi connectivity index (χ2v) is 7.34. The summed E-state index contributed by atoms with van der Waals surface area (Å²) in [6.07, 6.45) is 0.958. The van der Waals surface area contributed by atoms with Crippen molar-refractivity contribution in [2.24, 2.45) is 11.5 Å². The van der Waals surface area contributed by atoms with Crippen LogP contribution in [0.2, 0.25) is 0 Å². The van der Waals surface area contributed by atoms with E-state index in [4.69, 9.17) is 30.4 Å². The number of hydrogen-bond donors (Lipinski definition) is 3. The summed E-state index contributed by atoms with van der Waals surface area (Å²) < 4.78 is 21.4. The van der Waals surface area contributed by atoms with Crippen LogP contribution in [-0.4, -0.2) is 94.7 Å². The number of ether oxygens (including phenoxy) is 4. The zero-order chi connectivity index (χ0) is 24.2. The lowest BCUT2D eigenvalue weighted by molar-refractivity contribution is -0.126. The first kappa shape index (κ1) is 30.2. The largest absolute Gasteiger partial charge is 0.379 e. The van der Waals surface area contributed by atoms with Crippen molar-refractivity contribution in [3.05, 3.63) is 0 Å². The molecule has 0 spiro atoms. The summed E-state index contributed by atoms with van der Waals surface area (Å²) in [6, 6.07) is -1.54. The summed E-state index contributed by atoms with van der Waals surface area (Å²) in [5, 5.41) is 2.60. The molecule has 1 amide bonds. The van der Waals surface area contributed by atoms with E-state index in [0.29, 0.717) is 72.2 Å². The Bertz CT molecular complexity index is 511. The number of nitrogens with one attached hydrogen (secondary N) is 1. The van der Waals surface area contributed by atoms with Gasteiger partial charge in [-0.1, -0.05) is 0 Å². The number of ketones is 3. The Hall–Kier alpha value is -1.76. The average molecular weight is 462 g/mol. The van der Waals surface area contributed by atoms with Gasteiger partial charge in [-0.05, 0) is 20.3 Å². The predicted molar refractivity (Wildman–Crippen MR) is 117 cm³/mol. The molecule has 0 saturated heterocycles. The van der Waals surface area contributed by atoms with Gasteiger partial charge in [-0.25, -0.2) is 0 Å². The highest BCUT2D eigenvalue weighted by molar-refractivity contribution is 5.89. The zero-order valence-electron chi connectivity index (χ0n) is 19.3. The molecule has 0 aliphatic heterocycles. The molecule has 0 radical (unpaired) electrons. The highest BCUT2D eigenvalue weighted by atomic mass is 16.6. The minimum absolute atomic E-state index is 0.0219. The summed E-state index contributed by atoms with van der Waals surface area (Å²) in [4.78, 5) is 45.1. The van der Waals surface area contributed by atoms with Crippen molar-refractivity contribution < 1.29 is 38.1 Å². The third kappa shape index (κ3) is 19.0. The van der Waals surface area contributed by atoms with Gasteiger partial charge in [-0.2, -0.15) is 0 Å². The van der Waals surface area contributed by atoms with Gasteiger partial charge in [0.2, 0.25) is 5.91 Å². The Morgan fingerprint density at radius 3 is 1.62 bits per heavy atom. The van der Waals surface area contributed by atoms with E-state index >= 15 is 0 Å². The first-order valence-electron chi connectivity index (χ1n) is 10.9. The fraction of sp³-hybridized carbons (Fsp3) is 0.810. The van der Waals surface area contributed by atoms with Gasteiger partial charge in [-0.3, -0.25) is 19.2 Å². The van der Waals surface area contributed by atoms with E-state index in [1.165, 1.54) is 13.8 Å². The average Bonchev–Trinajstić information content (AvgIpc) is 2.71. The van der Waals surface area contributed by atoms with E-state index < -0.39 is 12.1 Å². The zero-order valence-corrected chi connectivity index (χ0v) is 19.3. The van der Waals surface area contributed by atoms with Crippen LogP contribution in [0.4, 0.5) is 0 Å². The molecular weight excluding hydrogens is 422 g/mol. The fourth-order valence-corrected chi connectivity index (χ4v) is 2.50. The monoisotopic (exact) mass is 461 g/mol. The van der Waals surface area contributed by atoms with Crippen molar-refractivity contribution in [3.63, 3.8) is 0 Å². The van der Waals surface area contributed by atoms with Gasteiger partial charge < -0.3 is 35.7 Å². The lowest BCUT2D eigenvalue weighted by Crippen LogP contribution is -2.42. The van der Waals surface area contributed by atoms with Crippen molar-refractivity contribution in [1.29, 1.82) is 0 Å². The van der Waals surface area contributed by atoms with Crippen LogP contribution < -0.4 is 16.8 Å². The second-order valence-electron chi connectivity index (χ2n) is 7.34. The topological polar surface area (TPSA) is 169 Å². The lowest BCUT2D eigenvalue weighted by Gasteiger charge is -2.11. The minimum Gasteiger partial charge on any atom is -0.379 e. The molecule has 0 aromatic rings. The van der Waals surface area contributed by atoms with Gasteiger partial charge in [-0.15, -0.1) is 0 Å². The van der Waals surface area contributed by atoms with E-state index in [1.54, 1.807) is 0 Å². The van der Waals surface area contributed by atoms with Crippen LogP contribution in [0.1, 0.15) is 39.5 Å². The third-order valence-corrected chi connectivity index (χ3v) is 4.14. The number of carbonyl (C=O) groups is 4. The van der Waals surface area contributed by atoms with Crippen molar-refractivity contribution in [3.8, 4) is 0 Å². The Morgan fingerprint density at radius 1 is 0.688 bits per heavy atom. The molecular formula is C21H39N3O8. The van der Waals surface area contributed by atoms with Gasteiger partial charge in [0.15, 0.2) is 0 Å². The summed E-state index contributed by atoms with van der Waals surface area (Å²) in [5.74, 6) is -0.720. The molecule has 0 saturated carbocycles. The molecule has 0 aromatic carbocycles. The van der Waals surface area contributed by atoms with Gasteiger partial charge in [0.25, 0.3) is 0 Å². The molecule has 0 aliphatic carbocycles. The van der Waals surface area contributed by atoms with Crippen molar-refractivity contribution in [2.45, 2.75) is 51.6 Å². The first-order chi connectivity index (χ1) is 15.2. The highest BCUT2D eigenvalue weighted by Crippen LogP contribution is 1.99. The molecule has 186 valence electrons. The Kier molecular flexibility index (Phi) is 18.8. The Balaban J connectivity index is 3.33. The number of nitrogens with two attached hydrogens (primary N) is 2. The van der Waals surface area contributed by atoms with E-state index in [2.05, 4.69) is 5.32 Å². The maximum atomic E-state index is 11.7. The number of rotatable bonds is 22. The Labute approximate surface area is 189 Å². The van der Waals surface area contributed by atoms with Crippen LogP contribution in [-0.2, 0) is 38.1 Å². The van der Waals surface area contributed by atoms with Gasteiger partial charge in [0.1, 0.15) is 17.3 Å². The van der Waals surface area contributed by atoms with Crippen molar-refractivity contribution >= 4 is 23.3 Å². The summed E-state index contributed by atoms with van der Waals surface area (Å²) in [6.45, 7) is 6.33. The fourth-order valence-electron chi connectivity index (χ4n) is 2.50. The molecule has 11 nitrogen and oxygen atoms in total. The minimum atomic E-state index is -0.826.